The van der Waals surface area contributed by atoms with E-state index in [1.54, 1.807) is 0 Å². The zero-order valence-electron chi connectivity index (χ0n) is 8.36. The van der Waals surface area contributed by atoms with E-state index in [1.165, 1.54) is 6.08 Å². The molecule has 0 unspecified atom stereocenters. The summed E-state index contributed by atoms with van der Waals surface area (Å²) in [5.74, 6) is 0.779. The summed E-state index contributed by atoms with van der Waals surface area (Å²) < 4.78 is 5.55. The topological polar surface area (TPSA) is 38.7 Å². The van der Waals surface area contributed by atoms with Crippen molar-refractivity contribution in [2.24, 2.45) is 4.99 Å². The van der Waals surface area contributed by atoms with Crippen LogP contribution in [0.3, 0.4) is 0 Å². The molecule has 0 radical (unpaired) electrons. The maximum absolute atomic E-state index is 9.98. The molecule has 1 aromatic rings. The molecule has 0 aliphatic rings. The van der Waals surface area contributed by atoms with Crippen LogP contribution in [-0.4, -0.2) is 12.2 Å². The highest BCUT2D eigenvalue weighted by atomic mass is 16.5. The number of carbonyl (C=O) groups excluding carboxylic acids is 1. The fourth-order valence-electron chi connectivity index (χ4n) is 1.12. The summed E-state index contributed by atoms with van der Waals surface area (Å²) in [5, 5.41) is 0. The minimum Gasteiger partial charge on any atom is -0.491 e. The minimum absolute atomic E-state index is 0.122. The fraction of sp³-hybridized carbons (Fsp3) is 0.364. The molecule has 3 nitrogen and oxygen atoms in total. The Hall–Kier alpha value is -1.60. The number of ether oxygens (including phenoxy) is 1. The van der Waals surface area contributed by atoms with Crippen molar-refractivity contribution in [3.05, 3.63) is 29.8 Å². The number of rotatable bonds is 4. The van der Waals surface area contributed by atoms with Crippen LogP contribution >= 0.6 is 0 Å². The summed E-state index contributed by atoms with van der Waals surface area (Å²) in [5.41, 5.74) is 0.907. The molecule has 0 atom stereocenters. The molecule has 0 saturated heterocycles. The van der Waals surface area contributed by atoms with Crippen molar-refractivity contribution >= 4 is 6.08 Å². The lowest BCUT2D eigenvalue weighted by Crippen LogP contribution is -2.07. The van der Waals surface area contributed by atoms with Gasteiger partial charge in [0.1, 0.15) is 5.75 Å². The lowest BCUT2D eigenvalue weighted by atomic mass is 10.2. The molecule has 0 amide bonds. The largest absolute Gasteiger partial charge is 0.491 e. The monoisotopic (exact) mass is 191 g/mol. The van der Waals surface area contributed by atoms with Crippen LogP contribution in [0.5, 0.6) is 5.75 Å². The Balaban J connectivity index is 2.84. The number of isocyanates is 1. The van der Waals surface area contributed by atoms with Crippen LogP contribution in [0.15, 0.2) is 29.3 Å². The minimum atomic E-state index is 0.122. The van der Waals surface area contributed by atoms with E-state index in [0.717, 1.165) is 11.3 Å². The average Bonchev–Trinajstić information content (AvgIpc) is 2.16. The maximum Gasteiger partial charge on any atom is 0.235 e. The predicted molar refractivity (Wildman–Crippen MR) is 54.0 cm³/mol. The van der Waals surface area contributed by atoms with E-state index in [-0.39, 0.29) is 6.10 Å². The lowest BCUT2D eigenvalue weighted by Gasteiger charge is -2.12. The lowest BCUT2D eigenvalue weighted by molar-refractivity contribution is 0.240. The smallest absolute Gasteiger partial charge is 0.235 e. The van der Waals surface area contributed by atoms with E-state index in [4.69, 9.17) is 4.74 Å². The molecule has 0 spiro atoms. The Morgan fingerprint density at radius 1 is 1.43 bits per heavy atom. The van der Waals surface area contributed by atoms with E-state index < -0.39 is 0 Å². The number of benzene rings is 1. The van der Waals surface area contributed by atoms with Gasteiger partial charge in [0, 0.05) is 5.56 Å². The normalized spacial score (nSPS) is 9.64. The van der Waals surface area contributed by atoms with Gasteiger partial charge in [-0.2, -0.15) is 0 Å². The standard InChI is InChI=1S/C11H13NO2/c1-9(2)14-11-6-4-3-5-10(11)7-12-8-13/h3-6,9H,7H2,1-2H3. The van der Waals surface area contributed by atoms with E-state index in [2.05, 4.69) is 4.99 Å². The van der Waals surface area contributed by atoms with Crippen LogP contribution in [0.1, 0.15) is 19.4 Å². The van der Waals surface area contributed by atoms with Crippen LogP contribution in [0.4, 0.5) is 0 Å². The van der Waals surface area contributed by atoms with Gasteiger partial charge in [0.05, 0.1) is 12.6 Å². The molecule has 74 valence electrons. The summed E-state index contributed by atoms with van der Waals surface area (Å²) >= 11 is 0. The first-order chi connectivity index (χ1) is 6.74. The van der Waals surface area contributed by atoms with Gasteiger partial charge in [0.25, 0.3) is 0 Å². The molecule has 0 N–H and O–H groups in total. The maximum atomic E-state index is 9.98. The molecule has 1 rings (SSSR count). The first kappa shape index (κ1) is 10.5. The Kier molecular flexibility index (Phi) is 3.89. The molecule has 0 heterocycles. The van der Waals surface area contributed by atoms with Crippen LogP contribution in [0.25, 0.3) is 0 Å². The molecule has 1 aromatic carbocycles. The van der Waals surface area contributed by atoms with Crippen molar-refractivity contribution in [1.29, 1.82) is 0 Å². The van der Waals surface area contributed by atoms with Crippen molar-refractivity contribution < 1.29 is 9.53 Å². The highest BCUT2D eigenvalue weighted by Crippen LogP contribution is 2.19. The number of nitrogens with zero attached hydrogens (tertiary/aromatic N) is 1. The summed E-state index contributed by atoms with van der Waals surface area (Å²) in [6.07, 6.45) is 1.64. The van der Waals surface area contributed by atoms with Gasteiger partial charge in [-0.25, -0.2) is 9.79 Å². The van der Waals surface area contributed by atoms with Crippen LogP contribution in [-0.2, 0) is 11.3 Å². The quantitative estimate of drug-likeness (QED) is 0.541. The van der Waals surface area contributed by atoms with E-state index in [1.807, 2.05) is 38.1 Å². The molecule has 0 bridgehead atoms. The van der Waals surface area contributed by atoms with E-state index in [0.29, 0.717) is 6.54 Å². The van der Waals surface area contributed by atoms with Gasteiger partial charge >= 0.3 is 0 Å². The van der Waals surface area contributed by atoms with E-state index >= 15 is 0 Å². The van der Waals surface area contributed by atoms with Crippen molar-refractivity contribution in [3.8, 4) is 5.75 Å². The third-order valence-corrected chi connectivity index (χ3v) is 1.65. The van der Waals surface area contributed by atoms with Gasteiger partial charge in [-0.3, -0.25) is 0 Å². The highest BCUT2D eigenvalue weighted by Gasteiger charge is 2.03. The number of para-hydroxylation sites is 1. The second-order valence-electron chi connectivity index (χ2n) is 3.18. The first-order valence-electron chi connectivity index (χ1n) is 4.52. The van der Waals surface area contributed by atoms with Gasteiger partial charge in [0.2, 0.25) is 6.08 Å². The Bertz CT molecular complexity index is 341. The molecule has 0 aliphatic heterocycles. The number of hydrogen-bond donors (Lipinski definition) is 0. The number of hydrogen-bond acceptors (Lipinski definition) is 3. The van der Waals surface area contributed by atoms with Gasteiger partial charge in [-0.1, -0.05) is 18.2 Å². The molecule has 0 aromatic heterocycles. The van der Waals surface area contributed by atoms with E-state index in [9.17, 15) is 4.79 Å². The Labute approximate surface area is 83.4 Å². The summed E-state index contributed by atoms with van der Waals surface area (Å²) in [6, 6.07) is 7.54. The van der Waals surface area contributed by atoms with Crippen LogP contribution in [0, 0.1) is 0 Å². The fourth-order valence-corrected chi connectivity index (χ4v) is 1.12. The van der Waals surface area contributed by atoms with Crippen molar-refractivity contribution in [3.63, 3.8) is 0 Å². The summed E-state index contributed by atoms with van der Waals surface area (Å²) in [6.45, 7) is 4.24. The van der Waals surface area contributed by atoms with Gasteiger partial charge < -0.3 is 4.74 Å². The van der Waals surface area contributed by atoms with Gasteiger partial charge in [-0.05, 0) is 19.9 Å². The van der Waals surface area contributed by atoms with Crippen molar-refractivity contribution in [2.45, 2.75) is 26.5 Å². The zero-order chi connectivity index (χ0) is 10.4. The molecular formula is C11H13NO2. The molecular weight excluding hydrogens is 178 g/mol. The van der Waals surface area contributed by atoms with Crippen LogP contribution < -0.4 is 4.74 Å². The second-order valence-corrected chi connectivity index (χ2v) is 3.18. The molecule has 0 aliphatic carbocycles. The molecule has 3 heteroatoms. The second kappa shape index (κ2) is 5.20. The SMILES string of the molecule is CC(C)Oc1ccccc1CN=C=O. The predicted octanol–water partition coefficient (Wildman–Crippen LogP) is 2.31. The Morgan fingerprint density at radius 3 is 2.79 bits per heavy atom. The zero-order valence-corrected chi connectivity index (χ0v) is 8.36. The first-order valence-corrected chi connectivity index (χ1v) is 4.52. The van der Waals surface area contributed by atoms with Crippen molar-refractivity contribution in [2.75, 3.05) is 0 Å². The van der Waals surface area contributed by atoms with Gasteiger partial charge in [0.15, 0.2) is 0 Å². The van der Waals surface area contributed by atoms with Crippen molar-refractivity contribution in [1.82, 2.24) is 0 Å². The third-order valence-electron chi connectivity index (χ3n) is 1.65. The highest BCUT2D eigenvalue weighted by molar-refractivity contribution is 5.37. The molecule has 14 heavy (non-hydrogen) atoms. The summed E-state index contributed by atoms with van der Waals surface area (Å²) in [7, 11) is 0. The van der Waals surface area contributed by atoms with Crippen LogP contribution in [0.2, 0.25) is 0 Å². The summed E-state index contributed by atoms with van der Waals surface area (Å²) in [4.78, 5) is 13.5. The average molecular weight is 191 g/mol. The third kappa shape index (κ3) is 3.04. The molecule has 0 saturated carbocycles. The van der Waals surface area contributed by atoms with Gasteiger partial charge in [-0.15, -0.1) is 0 Å². The Morgan fingerprint density at radius 2 is 2.14 bits per heavy atom. The molecule has 0 fully saturated rings. The number of aliphatic imine (C=N–C) groups is 1.